The van der Waals surface area contributed by atoms with E-state index in [1.54, 1.807) is 6.07 Å². The molecule has 9 heteroatoms. The van der Waals surface area contributed by atoms with Gasteiger partial charge in [-0.1, -0.05) is 0 Å². The first kappa shape index (κ1) is 16.8. The zero-order chi connectivity index (χ0) is 17.0. The first-order chi connectivity index (χ1) is 10.8. The summed E-state index contributed by atoms with van der Waals surface area (Å²) in [6.45, 7) is -0.216. The van der Waals surface area contributed by atoms with Crippen molar-refractivity contribution < 1.29 is 31.9 Å². The summed E-state index contributed by atoms with van der Waals surface area (Å²) in [5, 5.41) is 14.1. The molecule has 23 heavy (non-hydrogen) atoms. The number of rotatable bonds is 4. The van der Waals surface area contributed by atoms with Crippen molar-refractivity contribution in [3.8, 4) is 0 Å². The van der Waals surface area contributed by atoms with Crippen LogP contribution in [0.15, 0.2) is 41.0 Å². The van der Waals surface area contributed by atoms with Crippen LogP contribution < -0.4 is 10.6 Å². The van der Waals surface area contributed by atoms with E-state index in [2.05, 4.69) is 10.6 Å². The van der Waals surface area contributed by atoms with Gasteiger partial charge in [-0.15, -0.1) is 0 Å². The first-order valence-corrected chi connectivity index (χ1v) is 6.40. The number of aliphatic hydroxyl groups excluding tert-OH is 1. The van der Waals surface area contributed by atoms with Crippen LogP contribution in [0, 0.1) is 5.82 Å². The van der Waals surface area contributed by atoms with Crippen molar-refractivity contribution in [2.24, 2.45) is 0 Å². The highest BCUT2D eigenvalue weighted by molar-refractivity contribution is 5.89. The van der Waals surface area contributed by atoms with Crippen LogP contribution in [0.1, 0.15) is 17.4 Å². The van der Waals surface area contributed by atoms with E-state index in [1.807, 2.05) is 0 Å². The summed E-state index contributed by atoms with van der Waals surface area (Å²) in [4.78, 5) is 11.6. The van der Waals surface area contributed by atoms with E-state index >= 15 is 0 Å². The molecule has 3 N–H and O–H groups in total. The fourth-order valence-electron chi connectivity index (χ4n) is 1.77. The van der Waals surface area contributed by atoms with Gasteiger partial charge in [-0.25, -0.2) is 9.18 Å². The summed E-state index contributed by atoms with van der Waals surface area (Å²) >= 11 is 0. The largest absolute Gasteiger partial charge is 0.467 e. The number of amides is 2. The number of benzene rings is 1. The highest BCUT2D eigenvalue weighted by Crippen LogP contribution is 2.32. The van der Waals surface area contributed by atoms with Gasteiger partial charge in [0.15, 0.2) is 0 Å². The van der Waals surface area contributed by atoms with Crippen LogP contribution in [0.3, 0.4) is 0 Å². The van der Waals surface area contributed by atoms with Crippen LogP contribution in [0.5, 0.6) is 0 Å². The van der Waals surface area contributed by atoms with E-state index in [0.29, 0.717) is 12.1 Å². The van der Waals surface area contributed by atoms with Crippen molar-refractivity contribution in [2.45, 2.75) is 12.3 Å². The SMILES string of the molecule is O=C(NCC(O)c1ccco1)Nc1ccc(F)c(C(F)(F)F)c1. The minimum Gasteiger partial charge on any atom is -0.467 e. The van der Waals surface area contributed by atoms with E-state index in [0.717, 1.165) is 6.07 Å². The molecule has 5 nitrogen and oxygen atoms in total. The van der Waals surface area contributed by atoms with Gasteiger partial charge in [-0.3, -0.25) is 0 Å². The van der Waals surface area contributed by atoms with Gasteiger partial charge in [-0.05, 0) is 30.3 Å². The first-order valence-electron chi connectivity index (χ1n) is 6.40. The van der Waals surface area contributed by atoms with E-state index in [1.165, 1.54) is 12.3 Å². The molecule has 0 bridgehead atoms. The number of nitrogens with one attached hydrogen (secondary N) is 2. The number of hydrogen-bond donors (Lipinski definition) is 3. The van der Waals surface area contributed by atoms with Gasteiger partial charge >= 0.3 is 12.2 Å². The summed E-state index contributed by atoms with van der Waals surface area (Å²) in [7, 11) is 0. The molecule has 124 valence electrons. The number of halogens is 4. The Bertz CT molecular complexity index is 671. The summed E-state index contributed by atoms with van der Waals surface area (Å²) in [6.07, 6.45) is -4.63. The second-order valence-corrected chi connectivity index (χ2v) is 4.56. The fraction of sp³-hybridized carbons (Fsp3) is 0.214. The predicted molar refractivity (Wildman–Crippen MR) is 72.1 cm³/mol. The van der Waals surface area contributed by atoms with Gasteiger partial charge in [0.25, 0.3) is 0 Å². The molecular weight excluding hydrogens is 320 g/mol. The molecule has 1 atom stereocenters. The lowest BCUT2D eigenvalue weighted by Gasteiger charge is -2.13. The number of hydrogen-bond acceptors (Lipinski definition) is 3. The van der Waals surface area contributed by atoms with E-state index in [4.69, 9.17) is 4.42 Å². The Morgan fingerprint density at radius 1 is 1.30 bits per heavy atom. The lowest BCUT2D eigenvalue weighted by atomic mass is 10.2. The number of anilines is 1. The molecule has 0 fully saturated rings. The molecule has 0 aliphatic carbocycles. The predicted octanol–water partition coefficient (Wildman–Crippen LogP) is 3.29. The molecule has 0 aliphatic rings. The lowest BCUT2D eigenvalue weighted by molar-refractivity contribution is -0.139. The normalized spacial score (nSPS) is 12.7. The van der Waals surface area contributed by atoms with Crippen LogP contribution in [-0.2, 0) is 6.18 Å². The summed E-state index contributed by atoms with van der Waals surface area (Å²) < 4.78 is 55.7. The standard InChI is InChI=1S/C14H12F4N2O3/c15-10-4-3-8(6-9(10)14(16,17)18)20-13(22)19-7-11(21)12-2-1-5-23-12/h1-6,11,21H,7H2,(H2,19,20,22). The molecule has 2 aromatic rings. The monoisotopic (exact) mass is 332 g/mol. The number of furan rings is 1. The van der Waals surface area contributed by atoms with E-state index in [9.17, 15) is 27.5 Å². The topological polar surface area (TPSA) is 74.5 Å². The second-order valence-electron chi connectivity index (χ2n) is 4.56. The van der Waals surface area contributed by atoms with Crippen molar-refractivity contribution in [2.75, 3.05) is 11.9 Å². The van der Waals surface area contributed by atoms with Crippen molar-refractivity contribution in [1.82, 2.24) is 5.32 Å². The maximum absolute atomic E-state index is 13.1. The van der Waals surface area contributed by atoms with Crippen LogP contribution in [0.25, 0.3) is 0 Å². The molecule has 0 saturated heterocycles. The summed E-state index contributed by atoms with van der Waals surface area (Å²) in [6, 6.07) is 4.28. The van der Waals surface area contributed by atoms with Crippen molar-refractivity contribution in [3.05, 3.63) is 53.7 Å². The van der Waals surface area contributed by atoms with Crippen molar-refractivity contribution >= 4 is 11.7 Å². The molecule has 0 spiro atoms. The average Bonchev–Trinajstić information content (AvgIpc) is 3.00. The number of alkyl halides is 3. The highest BCUT2D eigenvalue weighted by atomic mass is 19.4. The van der Waals surface area contributed by atoms with Crippen LogP contribution >= 0.6 is 0 Å². The summed E-state index contributed by atoms with van der Waals surface area (Å²) in [5.74, 6) is -1.21. The van der Waals surface area contributed by atoms with Crippen LogP contribution in [0.4, 0.5) is 28.0 Å². The third-order valence-corrected chi connectivity index (χ3v) is 2.86. The smallest absolute Gasteiger partial charge is 0.419 e. The van der Waals surface area contributed by atoms with E-state index in [-0.39, 0.29) is 18.0 Å². The third kappa shape index (κ3) is 4.46. The molecule has 2 rings (SSSR count). The van der Waals surface area contributed by atoms with Gasteiger partial charge < -0.3 is 20.2 Å². The van der Waals surface area contributed by atoms with Crippen molar-refractivity contribution in [3.63, 3.8) is 0 Å². The van der Waals surface area contributed by atoms with Gasteiger partial charge in [0.1, 0.15) is 17.7 Å². The fourth-order valence-corrected chi connectivity index (χ4v) is 1.77. The average molecular weight is 332 g/mol. The molecule has 2 amide bonds. The second kappa shape index (κ2) is 6.69. The number of urea groups is 1. The van der Waals surface area contributed by atoms with Gasteiger partial charge in [0, 0.05) is 5.69 Å². The molecule has 1 unspecified atom stereocenters. The number of carbonyl (C=O) groups excluding carboxylic acids is 1. The minimum atomic E-state index is -4.87. The van der Waals surface area contributed by atoms with Gasteiger partial charge in [0.2, 0.25) is 0 Å². The zero-order valence-electron chi connectivity index (χ0n) is 11.5. The van der Waals surface area contributed by atoms with Gasteiger partial charge in [0.05, 0.1) is 18.4 Å². The lowest BCUT2D eigenvalue weighted by Crippen LogP contribution is -2.32. The van der Waals surface area contributed by atoms with E-state index < -0.39 is 29.7 Å². The Morgan fingerprint density at radius 3 is 2.65 bits per heavy atom. The Morgan fingerprint density at radius 2 is 2.04 bits per heavy atom. The summed E-state index contributed by atoms with van der Waals surface area (Å²) in [5.41, 5.74) is -1.71. The molecule has 0 radical (unpaired) electrons. The Hall–Kier alpha value is -2.55. The minimum absolute atomic E-state index is 0.216. The molecule has 0 aliphatic heterocycles. The maximum Gasteiger partial charge on any atom is 0.419 e. The quantitative estimate of drug-likeness (QED) is 0.752. The number of aliphatic hydroxyl groups is 1. The molecule has 0 saturated carbocycles. The number of carbonyl (C=O) groups is 1. The molecule has 1 aromatic heterocycles. The highest BCUT2D eigenvalue weighted by Gasteiger charge is 2.34. The molecular formula is C14H12F4N2O3. The zero-order valence-corrected chi connectivity index (χ0v) is 11.5. The molecule has 1 aromatic carbocycles. The van der Waals surface area contributed by atoms with Crippen molar-refractivity contribution in [1.29, 1.82) is 0 Å². The van der Waals surface area contributed by atoms with Gasteiger partial charge in [-0.2, -0.15) is 13.2 Å². The van der Waals surface area contributed by atoms with Crippen LogP contribution in [-0.4, -0.2) is 17.7 Å². The maximum atomic E-state index is 13.1. The molecule has 1 heterocycles. The van der Waals surface area contributed by atoms with Crippen LogP contribution in [0.2, 0.25) is 0 Å². The third-order valence-electron chi connectivity index (χ3n) is 2.86. The Balaban J connectivity index is 1.95. The Kier molecular flexibility index (Phi) is 4.89. The Labute approximate surface area is 127 Å².